The average molecular weight is 254 g/mol. The second-order valence-corrected chi connectivity index (χ2v) is 6.95. The fourth-order valence-electron chi connectivity index (χ4n) is 2.10. The van der Waals surface area contributed by atoms with Crippen molar-refractivity contribution in [3.8, 4) is 0 Å². The Labute approximate surface area is 102 Å². The van der Waals surface area contributed by atoms with Gasteiger partial charge in [-0.25, -0.2) is 8.42 Å². The van der Waals surface area contributed by atoms with Gasteiger partial charge in [0.2, 0.25) is 0 Å². The molecule has 0 radical (unpaired) electrons. The molecule has 0 atom stereocenters. The fourth-order valence-corrected chi connectivity index (χ4v) is 3.59. The van der Waals surface area contributed by atoms with Gasteiger partial charge in [0.1, 0.15) is 9.84 Å². The van der Waals surface area contributed by atoms with Crippen LogP contribution in [0.2, 0.25) is 0 Å². The van der Waals surface area contributed by atoms with E-state index in [2.05, 4.69) is 5.32 Å². The van der Waals surface area contributed by atoms with Crippen molar-refractivity contribution in [2.45, 2.75) is 25.8 Å². The van der Waals surface area contributed by atoms with Gasteiger partial charge in [-0.2, -0.15) is 0 Å². The lowest BCUT2D eigenvalue weighted by Crippen LogP contribution is -2.32. The van der Waals surface area contributed by atoms with E-state index in [4.69, 9.17) is 5.73 Å². The molecule has 1 saturated heterocycles. The second kappa shape index (κ2) is 4.56. The molecule has 3 N–H and O–H groups in total. The number of rotatable bonds is 2. The molecule has 0 unspecified atom stereocenters. The van der Waals surface area contributed by atoms with Gasteiger partial charge in [-0.05, 0) is 43.5 Å². The normalized spacial score (nSPS) is 20.1. The molecule has 4 nitrogen and oxygen atoms in total. The molecule has 0 aromatic heterocycles. The molecule has 0 aliphatic carbocycles. The first-order valence-electron chi connectivity index (χ1n) is 5.79. The molecule has 2 rings (SSSR count). The largest absolute Gasteiger partial charge is 0.399 e. The lowest BCUT2D eigenvalue weighted by atomic mass is 10.1. The van der Waals surface area contributed by atoms with Crippen LogP contribution in [0, 0.1) is 6.92 Å². The summed E-state index contributed by atoms with van der Waals surface area (Å²) in [5, 5.41) is 3.39. The van der Waals surface area contributed by atoms with E-state index in [-0.39, 0.29) is 6.04 Å². The summed E-state index contributed by atoms with van der Waals surface area (Å²) in [5.74, 6) is 0.581. The van der Waals surface area contributed by atoms with E-state index >= 15 is 0 Å². The number of nitrogens with one attached hydrogen (secondary N) is 1. The number of sulfone groups is 1. The Morgan fingerprint density at radius 3 is 2.53 bits per heavy atom. The minimum atomic E-state index is -2.78. The predicted molar refractivity (Wildman–Crippen MR) is 70.9 cm³/mol. The van der Waals surface area contributed by atoms with E-state index in [1.54, 1.807) is 0 Å². The fraction of sp³-hybridized carbons (Fsp3) is 0.500. The molecule has 1 aromatic rings. The van der Waals surface area contributed by atoms with Gasteiger partial charge in [0.25, 0.3) is 0 Å². The molecular weight excluding hydrogens is 236 g/mol. The van der Waals surface area contributed by atoms with Crippen LogP contribution in [0.1, 0.15) is 18.4 Å². The summed E-state index contributed by atoms with van der Waals surface area (Å²) in [4.78, 5) is 0. The minimum absolute atomic E-state index is 0.251. The van der Waals surface area contributed by atoms with E-state index < -0.39 is 9.84 Å². The topological polar surface area (TPSA) is 72.2 Å². The smallest absolute Gasteiger partial charge is 0.150 e. The number of hydrogen-bond acceptors (Lipinski definition) is 4. The molecule has 0 spiro atoms. The van der Waals surface area contributed by atoms with Crippen LogP contribution in [0.25, 0.3) is 0 Å². The lowest BCUT2D eigenvalue weighted by Gasteiger charge is -2.25. The van der Waals surface area contributed by atoms with Gasteiger partial charge in [0.15, 0.2) is 0 Å². The van der Waals surface area contributed by atoms with E-state index in [9.17, 15) is 8.42 Å². The Bertz CT molecular complexity index is 497. The molecule has 94 valence electrons. The minimum Gasteiger partial charge on any atom is -0.399 e. The van der Waals surface area contributed by atoms with Crippen LogP contribution in [0.4, 0.5) is 11.4 Å². The second-order valence-electron chi connectivity index (χ2n) is 4.64. The maximum absolute atomic E-state index is 11.3. The first kappa shape index (κ1) is 12.2. The van der Waals surface area contributed by atoms with Crippen molar-refractivity contribution in [1.82, 2.24) is 0 Å². The average Bonchev–Trinajstić information content (AvgIpc) is 2.25. The summed E-state index contributed by atoms with van der Waals surface area (Å²) >= 11 is 0. The standard InChI is InChI=1S/C12H18N2O2S/c1-9-8-10(13)2-3-12(9)14-11-4-6-17(15,16)7-5-11/h2-3,8,11,14H,4-7,13H2,1H3. The zero-order valence-corrected chi connectivity index (χ0v) is 10.8. The van der Waals surface area contributed by atoms with Crippen LogP contribution >= 0.6 is 0 Å². The quantitative estimate of drug-likeness (QED) is 0.786. The number of nitrogen functional groups attached to an aromatic ring is 1. The lowest BCUT2D eigenvalue weighted by molar-refractivity contribution is 0.559. The number of nitrogens with two attached hydrogens (primary N) is 1. The molecule has 1 aliphatic heterocycles. The summed E-state index contributed by atoms with van der Waals surface area (Å²) in [6.45, 7) is 2.00. The van der Waals surface area contributed by atoms with Gasteiger partial charge < -0.3 is 11.1 Å². The Morgan fingerprint density at radius 2 is 1.94 bits per heavy atom. The Balaban J connectivity index is 2.02. The van der Waals surface area contributed by atoms with Crippen molar-refractivity contribution in [3.05, 3.63) is 23.8 Å². The SMILES string of the molecule is Cc1cc(N)ccc1NC1CCS(=O)(=O)CC1. The van der Waals surface area contributed by atoms with Crippen LogP contribution < -0.4 is 11.1 Å². The predicted octanol–water partition coefficient (Wildman–Crippen LogP) is 1.57. The number of hydrogen-bond donors (Lipinski definition) is 2. The Hall–Kier alpha value is -1.23. The van der Waals surface area contributed by atoms with E-state index in [1.807, 2.05) is 25.1 Å². The maximum atomic E-state index is 11.3. The van der Waals surface area contributed by atoms with Gasteiger partial charge in [-0.15, -0.1) is 0 Å². The van der Waals surface area contributed by atoms with E-state index in [1.165, 1.54) is 0 Å². The zero-order chi connectivity index (χ0) is 12.5. The van der Waals surface area contributed by atoms with Crippen molar-refractivity contribution in [3.63, 3.8) is 0 Å². The van der Waals surface area contributed by atoms with Crippen molar-refractivity contribution < 1.29 is 8.42 Å². The van der Waals surface area contributed by atoms with Crippen LogP contribution in [-0.4, -0.2) is 26.0 Å². The van der Waals surface area contributed by atoms with E-state index in [0.717, 1.165) is 16.9 Å². The molecule has 0 amide bonds. The van der Waals surface area contributed by atoms with Crippen molar-refractivity contribution >= 4 is 21.2 Å². The van der Waals surface area contributed by atoms with Crippen molar-refractivity contribution in [2.24, 2.45) is 0 Å². The summed E-state index contributed by atoms with van der Waals surface area (Å²) in [5.41, 5.74) is 8.58. The number of aryl methyl sites for hydroxylation is 1. The van der Waals surface area contributed by atoms with Gasteiger partial charge in [-0.3, -0.25) is 0 Å². The number of anilines is 2. The highest BCUT2D eigenvalue weighted by atomic mass is 32.2. The van der Waals surface area contributed by atoms with Crippen LogP contribution in [-0.2, 0) is 9.84 Å². The molecule has 0 saturated carbocycles. The zero-order valence-electron chi connectivity index (χ0n) is 9.94. The first-order valence-corrected chi connectivity index (χ1v) is 7.61. The first-order chi connectivity index (χ1) is 7.96. The third kappa shape index (κ3) is 3.12. The number of benzene rings is 1. The highest BCUT2D eigenvalue weighted by Gasteiger charge is 2.23. The third-order valence-electron chi connectivity index (χ3n) is 3.16. The molecule has 1 aliphatic rings. The highest BCUT2D eigenvalue weighted by molar-refractivity contribution is 7.91. The Kier molecular flexibility index (Phi) is 3.28. The Morgan fingerprint density at radius 1 is 1.29 bits per heavy atom. The molecule has 1 heterocycles. The van der Waals surface area contributed by atoms with Gasteiger partial charge in [0.05, 0.1) is 11.5 Å². The van der Waals surface area contributed by atoms with Gasteiger partial charge >= 0.3 is 0 Å². The molecular formula is C12H18N2O2S. The van der Waals surface area contributed by atoms with Crippen LogP contribution in [0.15, 0.2) is 18.2 Å². The van der Waals surface area contributed by atoms with Gasteiger partial charge in [-0.1, -0.05) is 0 Å². The third-order valence-corrected chi connectivity index (χ3v) is 4.88. The molecule has 0 bridgehead atoms. The summed E-state index contributed by atoms with van der Waals surface area (Å²) < 4.78 is 22.6. The molecule has 17 heavy (non-hydrogen) atoms. The van der Waals surface area contributed by atoms with Crippen LogP contribution in [0.3, 0.4) is 0 Å². The molecule has 1 fully saturated rings. The molecule has 1 aromatic carbocycles. The summed E-state index contributed by atoms with van der Waals surface area (Å²) in [6, 6.07) is 5.98. The van der Waals surface area contributed by atoms with Crippen molar-refractivity contribution in [1.29, 1.82) is 0 Å². The van der Waals surface area contributed by atoms with E-state index in [0.29, 0.717) is 24.3 Å². The maximum Gasteiger partial charge on any atom is 0.150 e. The highest BCUT2D eigenvalue weighted by Crippen LogP contribution is 2.22. The molecule has 5 heteroatoms. The summed E-state index contributed by atoms with van der Waals surface area (Å²) in [6.07, 6.45) is 1.37. The van der Waals surface area contributed by atoms with Crippen LogP contribution in [0.5, 0.6) is 0 Å². The monoisotopic (exact) mass is 254 g/mol. The van der Waals surface area contributed by atoms with Crippen molar-refractivity contribution in [2.75, 3.05) is 22.6 Å². The van der Waals surface area contributed by atoms with Gasteiger partial charge in [0, 0.05) is 17.4 Å². The summed E-state index contributed by atoms with van der Waals surface area (Å²) in [7, 11) is -2.78.